The third-order valence-corrected chi connectivity index (χ3v) is 8.70. The molecule has 2 atom stereocenters. The van der Waals surface area contributed by atoms with E-state index < -0.39 is 51.1 Å². The Morgan fingerprint density at radius 2 is 1.25 bits per heavy atom. The number of carbonyl (C=O) groups excluding carboxylic acids is 4. The van der Waals surface area contributed by atoms with Gasteiger partial charge < -0.3 is 28.7 Å². The first-order valence-corrected chi connectivity index (χ1v) is 16.1. The molecule has 4 rings (SSSR count). The number of benzene rings is 2. The van der Waals surface area contributed by atoms with Crippen LogP contribution in [0.15, 0.2) is 48.6 Å². The number of nitro benzene ring substituents is 2. The fourth-order valence-electron chi connectivity index (χ4n) is 6.09. The second kappa shape index (κ2) is 16.3. The van der Waals surface area contributed by atoms with E-state index in [1.54, 1.807) is 6.92 Å². The SMILES string of the molecule is C=C1CC(C(C)=O)N(C(=O)c2cc(OC)c(OCCCCCOc3cc([N+](=O)[O-])c(C(=O)N4CC(=C)CC4C(=O)OC)cc3C)cc2[N+](=O)[O-])C1. The van der Waals surface area contributed by atoms with Gasteiger partial charge in [-0.05, 0) is 51.2 Å². The number of carbonyl (C=O) groups is 4. The number of aryl methyl sites for hydroxylation is 1. The monoisotopic (exact) mass is 708 g/mol. The predicted molar refractivity (Wildman–Crippen MR) is 182 cm³/mol. The van der Waals surface area contributed by atoms with E-state index in [1.807, 2.05) is 0 Å². The zero-order chi connectivity index (χ0) is 37.6. The molecular formula is C35H40N4O12. The van der Waals surface area contributed by atoms with Crippen LogP contribution in [0.4, 0.5) is 11.4 Å². The van der Waals surface area contributed by atoms with Crippen molar-refractivity contribution in [1.82, 2.24) is 9.80 Å². The molecule has 2 amide bonds. The van der Waals surface area contributed by atoms with Gasteiger partial charge in [0.1, 0.15) is 22.9 Å². The highest BCUT2D eigenvalue weighted by molar-refractivity contribution is 6.02. The van der Waals surface area contributed by atoms with Crippen LogP contribution in [-0.4, -0.2) is 95.8 Å². The minimum Gasteiger partial charge on any atom is -0.493 e. The summed E-state index contributed by atoms with van der Waals surface area (Å²) in [5.41, 5.74) is 0.421. The van der Waals surface area contributed by atoms with Gasteiger partial charge in [-0.25, -0.2) is 4.79 Å². The minimum atomic E-state index is -0.919. The number of nitro groups is 2. The zero-order valence-electron chi connectivity index (χ0n) is 28.9. The molecule has 272 valence electrons. The molecule has 0 N–H and O–H groups in total. The largest absolute Gasteiger partial charge is 0.493 e. The summed E-state index contributed by atoms with van der Waals surface area (Å²) < 4.78 is 21.8. The third-order valence-electron chi connectivity index (χ3n) is 8.70. The van der Waals surface area contributed by atoms with Crippen LogP contribution in [0.1, 0.15) is 65.3 Å². The van der Waals surface area contributed by atoms with Gasteiger partial charge in [0.2, 0.25) is 0 Å². The Balaban J connectivity index is 1.35. The van der Waals surface area contributed by atoms with Crippen molar-refractivity contribution in [2.24, 2.45) is 0 Å². The number of hydrogen-bond donors (Lipinski definition) is 0. The number of rotatable bonds is 15. The Morgan fingerprint density at radius 1 is 0.765 bits per heavy atom. The highest BCUT2D eigenvalue weighted by Gasteiger charge is 2.40. The Labute approximate surface area is 293 Å². The molecule has 2 saturated heterocycles. The Morgan fingerprint density at radius 3 is 1.76 bits per heavy atom. The molecule has 0 radical (unpaired) electrons. The fraction of sp³-hybridized carbons (Fsp3) is 0.429. The maximum absolute atomic E-state index is 13.4. The molecule has 0 aromatic heterocycles. The molecule has 51 heavy (non-hydrogen) atoms. The van der Waals surface area contributed by atoms with Crippen LogP contribution < -0.4 is 14.2 Å². The van der Waals surface area contributed by atoms with E-state index in [9.17, 15) is 39.4 Å². The molecule has 2 heterocycles. The molecule has 2 fully saturated rings. The van der Waals surface area contributed by atoms with Crippen LogP contribution >= 0.6 is 0 Å². The van der Waals surface area contributed by atoms with Gasteiger partial charge in [-0.3, -0.25) is 34.6 Å². The average molecular weight is 709 g/mol. The van der Waals surface area contributed by atoms with Crippen molar-refractivity contribution < 1.29 is 48.0 Å². The number of amides is 2. The summed E-state index contributed by atoms with van der Waals surface area (Å²) in [7, 11) is 2.54. The first-order valence-electron chi connectivity index (χ1n) is 16.1. The number of Topliss-reactive ketones (excluding diaryl/α,β-unsaturated/α-hetero) is 1. The van der Waals surface area contributed by atoms with E-state index in [1.165, 1.54) is 49.1 Å². The van der Waals surface area contributed by atoms with Crippen molar-refractivity contribution in [3.05, 3.63) is 85.5 Å². The average Bonchev–Trinajstić information content (AvgIpc) is 3.69. The molecule has 0 spiro atoms. The first-order chi connectivity index (χ1) is 24.2. The number of nitrogens with zero attached hydrogens (tertiary/aromatic N) is 4. The summed E-state index contributed by atoms with van der Waals surface area (Å²) in [4.78, 5) is 76.1. The maximum atomic E-state index is 13.4. The number of ether oxygens (including phenoxy) is 4. The molecule has 2 unspecified atom stereocenters. The van der Waals surface area contributed by atoms with Crippen LogP contribution in [0.2, 0.25) is 0 Å². The molecule has 2 aliphatic rings. The molecule has 2 aromatic carbocycles. The zero-order valence-corrected chi connectivity index (χ0v) is 28.9. The second-order valence-electron chi connectivity index (χ2n) is 12.4. The molecule has 0 aliphatic carbocycles. The van der Waals surface area contributed by atoms with Crippen LogP contribution in [0.3, 0.4) is 0 Å². The number of unbranched alkanes of at least 4 members (excludes halogenated alkanes) is 2. The van der Waals surface area contributed by atoms with Gasteiger partial charge in [-0.2, -0.15) is 0 Å². The highest BCUT2D eigenvalue weighted by Crippen LogP contribution is 2.37. The van der Waals surface area contributed by atoms with E-state index in [4.69, 9.17) is 18.9 Å². The molecule has 16 heteroatoms. The van der Waals surface area contributed by atoms with Gasteiger partial charge >= 0.3 is 5.97 Å². The normalized spacial score (nSPS) is 16.9. The third kappa shape index (κ3) is 8.51. The number of ketones is 1. The van der Waals surface area contributed by atoms with Crippen LogP contribution in [-0.2, 0) is 14.3 Å². The minimum absolute atomic E-state index is 0.0691. The molecule has 16 nitrogen and oxygen atoms in total. The van der Waals surface area contributed by atoms with Crippen molar-refractivity contribution >= 4 is 34.9 Å². The lowest BCUT2D eigenvalue weighted by Crippen LogP contribution is -2.41. The second-order valence-corrected chi connectivity index (χ2v) is 12.4. The van der Waals surface area contributed by atoms with Gasteiger partial charge in [0.25, 0.3) is 23.2 Å². The molecular weight excluding hydrogens is 668 g/mol. The lowest BCUT2D eigenvalue weighted by Gasteiger charge is -2.22. The van der Waals surface area contributed by atoms with Crippen LogP contribution in [0, 0.1) is 27.2 Å². The topological polar surface area (TPSA) is 198 Å². The van der Waals surface area contributed by atoms with Crippen LogP contribution in [0.25, 0.3) is 0 Å². The van der Waals surface area contributed by atoms with Crippen LogP contribution in [0.5, 0.6) is 17.2 Å². The number of likely N-dealkylation sites (tertiary alicyclic amines) is 2. The van der Waals surface area contributed by atoms with Gasteiger partial charge in [0, 0.05) is 25.6 Å². The summed E-state index contributed by atoms with van der Waals surface area (Å²) in [5.74, 6) is -1.84. The van der Waals surface area contributed by atoms with Crippen molar-refractivity contribution in [3.8, 4) is 17.2 Å². The summed E-state index contributed by atoms with van der Waals surface area (Å²) in [6, 6.07) is 3.26. The van der Waals surface area contributed by atoms with Gasteiger partial charge in [0.15, 0.2) is 17.3 Å². The first kappa shape index (κ1) is 38.0. The van der Waals surface area contributed by atoms with E-state index in [-0.39, 0.29) is 66.9 Å². The number of hydrogen-bond acceptors (Lipinski definition) is 12. The van der Waals surface area contributed by atoms with Crippen molar-refractivity contribution in [3.63, 3.8) is 0 Å². The Hall–Kier alpha value is -5.80. The molecule has 2 aliphatic heterocycles. The lowest BCUT2D eigenvalue weighted by molar-refractivity contribution is -0.385. The maximum Gasteiger partial charge on any atom is 0.328 e. The summed E-state index contributed by atoms with van der Waals surface area (Å²) >= 11 is 0. The molecule has 2 aromatic rings. The van der Waals surface area contributed by atoms with E-state index in [0.29, 0.717) is 42.4 Å². The fourth-order valence-corrected chi connectivity index (χ4v) is 6.09. The molecule has 0 saturated carbocycles. The van der Waals surface area contributed by atoms with E-state index in [0.717, 1.165) is 6.07 Å². The van der Waals surface area contributed by atoms with E-state index in [2.05, 4.69) is 13.2 Å². The summed E-state index contributed by atoms with van der Waals surface area (Å²) in [6.07, 6.45) is 2.12. The van der Waals surface area contributed by atoms with Crippen molar-refractivity contribution in [2.75, 3.05) is 40.5 Å². The summed E-state index contributed by atoms with van der Waals surface area (Å²) in [5, 5.41) is 23.9. The highest BCUT2D eigenvalue weighted by atomic mass is 16.6. The van der Waals surface area contributed by atoms with E-state index >= 15 is 0 Å². The lowest BCUT2D eigenvalue weighted by atomic mass is 10.1. The van der Waals surface area contributed by atoms with Crippen molar-refractivity contribution in [2.45, 2.75) is 58.0 Å². The van der Waals surface area contributed by atoms with Gasteiger partial charge in [-0.1, -0.05) is 24.3 Å². The Bertz CT molecular complexity index is 1790. The standard InChI is InChI=1S/C35H40N4O12/c1-20-12-26(23(4)40)36(18-20)34(42)25-15-31(48-5)32(17-28(25)39(46)47)51-11-9-7-8-10-50-30-16-27(38(44)45)24(14-22(30)3)33(41)37-19-21(2)13-29(37)35(43)49-6/h14-17,26,29H,1-2,7-13,18-19H2,3-6H3. The summed E-state index contributed by atoms with van der Waals surface area (Å²) in [6.45, 7) is 11.2. The van der Waals surface area contributed by atoms with Crippen molar-refractivity contribution in [1.29, 1.82) is 0 Å². The smallest absolute Gasteiger partial charge is 0.328 e. The van der Waals surface area contributed by atoms with Gasteiger partial charge in [-0.15, -0.1) is 0 Å². The quantitative estimate of drug-likeness (QED) is 0.0810. The predicted octanol–water partition coefficient (Wildman–Crippen LogP) is 4.75. The Kier molecular flexibility index (Phi) is 12.1. The number of methoxy groups -OCH3 is 2. The molecule has 0 bridgehead atoms. The number of esters is 1. The van der Waals surface area contributed by atoms with Gasteiger partial charge in [0.05, 0.1) is 55.5 Å².